The maximum atomic E-state index is 12.6. The number of amides is 1. The highest BCUT2D eigenvalue weighted by Crippen LogP contribution is 2.34. The van der Waals surface area contributed by atoms with Crippen molar-refractivity contribution in [3.63, 3.8) is 0 Å². The van der Waals surface area contributed by atoms with E-state index >= 15 is 0 Å². The summed E-state index contributed by atoms with van der Waals surface area (Å²) in [6.07, 6.45) is 0. The zero-order valence-corrected chi connectivity index (χ0v) is 17.4. The quantitative estimate of drug-likeness (QED) is 0.429. The molecule has 0 aliphatic rings. The van der Waals surface area contributed by atoms with Crippen molar-refractivity contribution in [2.24, 2.45) is 7.05 Å². The van der Waals surface area contributed by atoms with Crippen molar-refractivity contribution >= 4 is 33.2 Å². The third-order valence-corrected chi connectivity index (χ3v) is 5.08. The smallest absolute Gasteiger partial charge is 0.277 e. The Bertz CT molecular complexity index is 1100. The summed E-state index contributed by atoms with van der Waals surface area (Å²) in [7, 11) is 3.21. The Morgan fingerprint density at radius 2 is 1.93 bits per heavy atom. The molecule has 3 rings (SSSR count). The maximum absolute atomic E-state index is 12.6. The number of rotatable bonds is 6. The van der Waals surface area contributed by atoms with Crippen LogP contribution in [0.2, 0.25) is 0 Å². The number of aryl methyl sites for hydroxylation is 1. The zero-order valence-electron chi connectivity index (χ0n) is 15.8. The van der Waals surface area contributed by atoms with E-state index in [0.717, 1.165) is 5.69 Å². The molecule has 10 heteroatoms. The Morgan fingerprint density at radius 1 is 1.24 bits per heavy atom. The predicted molar refractivity (Wildman–Crippen MR) is 110 cm³/mol. The number of nitrogens with zero attached hydrogens (tertiary/aromatic N) is 3. The van der Waals surface area contributed by atoms with Gasteiger partial charge in [0.25, 0.3) is 11.6 Å². The summed E-state index contributed by atoms with van der Waals surface area (Å²) < 4.78 is 13.1. The molecule has 1 aromatic heterocycles. The van der Waals surface area contributed by atoms with Crippen LogP contribution in [0.3, 0.4) is 0 Å². The molecule has 150 valence electrons. The Hall–Kier alpha value is -3.40. The van der Waals surface area contributed by atoms with Gasteiger partial charge < -0.3 is 14.8 Å². The number of nitrogens with one attached hydrogen (secondary N) is 1. The molecule has 0 aliphatic carbocycles. The fraction of sp³-hybridized carbons (Fsp3) is 0.158. The van der Waals surface area contributed by atoms with E-state index in [1.807, 2.05) is 0 Å². The van der Waals surface area contributed by atoms with Gasteiger partial charge in [-0.2, -0.15) is 5.10 Å². The second-order valence-corrected chi connectivity index (χ2v) is 6.84. The summed E-state index contributed by atoms with van der Waals surface area (Å²) in [5, 5.41) is 18.1. The zero-order chi connectivity index (χ0) is 21.1. The molecule has 1 heterocycles. The molecule has 0 radical (unpaired) electrons. The van der Waals surface area contributed by atoms with E-state index in [1.165, 1.54) is 25.3 Å². The van der Waals surface area contributed by atoms with E-state index in [0.29, 0.717) is 16.0 Å². The van der Waals surface area contributed by atoms with Crippen molar-refractivity contribution in [1.29, 1.82) is 0 Å². The van der Waals surface area contributed by atoms with Gasteiger partial charge in [0.05, 0.1) is 34.0 Å². The monoisotopic (exact) mass is 460 g/mol. The lowest BCUT2D eigenvalue weighted by Gasteiger charge is -2.11. The van der Waals surface area contributed by atoms with Crippen LogP contribution >= 0.6 is 15.9 Å². The molecule has 3 aromatic rings. The van der Waals surface area contributed by atoms with E-state index in [4.69, 9.17) is 9.47 Å². The minimum absolute atomic E-state index is 0.170. The van der Waals surface area contributed by atoms with Crippen LogP contribution in [-0.4, -0.2) is 27.7 Å². The molecular weight excluding hydrogens is 444 g/mol. The first-order valence-corrected chi connectivity index (χ1v) is 9.20. The summed E-state index contributed by atoms with van der Waals surface area (Å²) >= 11 is 3.34. The number of nitro groups is 1. The number of hydrogen-bond donors (Lipinski definition) is 1. The number of methoxy groups -OCH3 is 1. The topological polar surface area (TPSA) is 109 Å². The average Bonchev–Trinajstić information content (AvgIpc) is 2.95. The molecule has 0 aliphatic heterocycles. The minimum atomic E-state index is -0.564. The first-order valence-electron chi connectivity index (χ1n) is 8.41. The van der Waals surface area contributed by atoms with Crippen molar-refractivity contribution < 1.29 is 19.2 Å². The van der Waals surface area contributed by atoms with E-state index in [2.05, 4.69) is 26.3 Å². The predicted octanol–water partition coefficient (Wildman–Crippen LogP) is 4.45. The number of halogens is 1. The Kier molecular flexibility index (Phi) is 5.83. The number of aromatic nitrogens is 2. The van der Waals surface area contributed by atoms with Gasteiger partial charge in [-0.25, -0.2) is 0 Å². The highest BCUT2D eigenvalue weighted by molar-refractivity contribution is 9.10. The molecule has 9 nitrogen and oxygen atoms in total. The highest BCUT2D eigenvalue weighted by atomic mass is 79.9. The number of para-hydroxylation sites is 2. The molecule has 0 atom stereocenters. The van der Waals surface area contributed by atoms with Gasteiger partial charge >= 0.3 is 0 Å². The lowest BCUT2D eigenvalue weighted by molar-refractivity contribution is -0.384. The summed E-state index contributed by atoms with van der Waals surface area (Å²) in [6.45, 7) is 1.81. The number of hydrogen-bond acceptors (Lipinski definition) is 6. The average molecular weight is 461 g/mol. The summed E-state index contributed by atoms with van der Waals surface area (Å²) in [6, 6.07) is 10.9. The van der Waals surface area contributed by atoms with E-state index in [1.54, 1.807) is 42.9 Å². The molecule has 1 N–H and O–H groups in total. The normalized spacial score (nSPS) is 10.5. The van der Waals surface area contributed by atoms with Gasteiger partial charge in [-0.15, -0.1) is 0 Å². The second-order valence-electron chi connectivity index (χ2n) is 6.05. The minimum Gasteiger partial charge on any atom is -0.493 e. The maximum Gasteiger partial charge on any atom is 0.277 e. The van der Waals surface area contributed by atoms with Crippen molar-refractivity contribution in [1.82, 2.24) is 9.78 Å². The largest absolute Gasteiger partial charge is 0.493 e. The van der Waals surface area contributed by atoms with Gasteiger partial charge in [0.2, 0.25) is 0 Å². The molecule has 0 saturated heterocycles. The van der Waals surface area contributed by atoms with Crippen LogP contribution in [0.15, 0.2) is 46.9 Å². The van der Waals surface area contributed by atoms with Crippen LogP contribution in [0.1, 0.15) is 16.2 Å². The van der Waals surface area contributed by atoms with Gasteiger partial charge in [0.1, 0.15) is 5.75 Å². The summed E-state index contributed by atoms with van der Waals surface area (Å²) in [4.78, 5) is 23.4. The van der Waals surface area contributed by atoms with Gasteiger partial charge in [0.15, 0.2) is 17.2 Å². The van der Waals surface area contributed by atoms with E-state index in [9.17, 15) is 14.9 Å². The first-order chi connectivity index (χ1) is 13.8. The third kappa shape index (κ3) is 4.37. The molecule has 0 unspecified atom stereocenters. The number of ether oxygens (including phenoxy) is 2. The van der Waals surface area contributed by atoms with Gasteiger partial charge in [-0.1, -0.05) is 12.1 Å². The number of carbonyl (C=O) groups excluding carboxylic acids is 1. The molecular formula is C19H17BrN4O5. The fourth-order valence-corrected chi connectivity index (χ4v) is 3.08. The molecule has 29 heavy (non-hydrogen) atoms. The molecule has 0 saturated carbocycles. The van der Waals surface area contributed by atoms with Gasteiger partial charge in [-0.3, -0.25) is 19.6 Å². The number of carbonyl (C=O) groups is 1. The standard InChI is InChI=1S/C19H17BrN4O5/c1-11-17(20)18(22-23(11)2)19(25)21-12-8-13(24(26)27)10-14(9-12)29-16-7-5-4-6-15(16)28-3/h4-10H,1-3H3,(H,21,25). The SMILES string of the molecule is COc1ccccc1Oc1cc(NC(=O)c2nn(C)c(C)c2Br)cc([N+](=O)[O-])c1. The second kappa shape index (κ2) is 8.31. The summed E-state index contributed by atoms with van der Waals surface area (Å²) in [5.41, 5.74) is 0.909. The van der Waals surface area contributed by atoms with Crippen molar-refractivity contribution in [2.45, 2.75) is 6.92 Å². The van der Waals surface area contributed by atoms with Crippen molar-refractivity contribution in [3.05, 3.63) is 68.4 Å². The molecule has 1 amide bonds. The van der Waals surface area contributed by atoms with Crippen molar-refractivity contribution in [3.8, 4) is 17.2 Å². The Morgan fingerprint density at radius 3 is 2.52 bits per heavy atom. The molecule has 0 bridgehead atoms. The van der Waals surface area contributed by atoms with Crippen LogP contribution in [0.4, 0.5) is 11.4 Å². The van der Waals surface area contributed by atoms with Crippen LogP contribution in [0, 0.1) is 17.0 Å². The molecule has 0 spiro atoms. The van der Waals surface area contributed by atoms with Gasteiger partial charge in [0, 0.05) is 19.2 Å². The first kappa shape index (κ1) is 20.3. The van der Waals surface area contributed by atoms with Crippen LogP contribution in [0.5, 0.6) is 17.2 Å². The molecule has 0 fully saturated rings. The molecule has 2 aromatic carbocycles. The number of non-ortho nitro benzene ring substituents is 1. The lowest BCUT2D eigenvalue weighted by atomic mass is 10.2. The van der Waals surface area contributed by atoms with Crippen LogP contribution in [0.25, 0.3) is 0 Å². The highest BCUT2D eigenvalue weighted by Gasteiger charge is 2.20. The van der Waals surface area contributed by atoms with Gasteiger partial charge in [-0.05, 0) is 35.0 Å². The summed E-state index contributed by atoms with van der Waals surface area (Å²) in [5.74, 6) is 0.521. The Labute approximate surface area is 174 Å². The van der Waals surface area contributed by atoms with Crippen molar-refractivity contribution in [2.75, 3.05) is 12.4 Å². The van der Waals surface area contributed by atoms with Crippen LogP contribution < -0.4 is 14.8 Å². The van der Waals surface area contributed by atoms with E-state index in [-0.39, 0.29) is 22.8 Å². The number of benzene rings is 2. The Balaban J connectivity index is 1.93. The van der Waals surface area contributed by atoms with E-state index < -0.39 is 10.8 Å². The third-order valence-electron chi connectivity index (χ3n) is 4.13. The van der Waals surface area contributed by atoms with Crippen LogP contribution in [-0.2, 0) is 7.05 Å². The number of nitro benzene ring substituents is 1. The number of anilines is 1. The fourth-order valence-electron chi connectivity index (χ4n) is 2.57. The lowest BCUT2D eigenvalue weighted by Crippen LogP contribution is -2.13.